The summed E-state index contributed by atoms with van der Waals surface area (Å²) in [4.78, 5) is 14.4. The first-order valence-electron chi connectivity index (χ1n) is 7.13. The van der Waals surface area contributed by atoms with Gasteiger partial charge in [0.15, 0.2) is 0 Å². The van der Waals surface area contributed by atoms with Crippen molar-refractivity contribution in [2.75, 3.05) is 13.1 Å². The van der Waals surface area contributed by atoms with Gasteiger partial charge in [-0.2, -0.15) is 0 Å². The molecule has 2 N–H and O–H groups in total. The molecule has 1 fully saturated rings. The monoisotopic (exact) mass is 310 g/mol. The average Bonchev–Trinajstić information content (AvgIpc) is 2.37. The Kier molecular flexibility index (Phi) is 4.39. The first kappa shape index (κ1) is 16.0. The first-order chi connectivity index (χ1) is 9.70. The van der Waals surface area contributed by atoms with Crippen LogP contribution >= 0.6 is 0 Å². The van der Waals surface area contributed by atoms with Crippen LogP contribution in [0, 0.1) is 19.8 Å². The molecular formula is C15H22N2O3S. The molecule has 0 saturated carbocycles. The molecule has 1 heterocycles. The molecule has 0 spiro atoms. The Hall–Kier alpha value is -1.40. The second-order valence-electron chi connectivity index (χ2n) is 5.95. The Morgan fingerprint density at radius 1 is 1.19 bits per heavy atom. The molecule has 5 nitrogen and oxygen atoms in total. The minimum absolute atomic E-state index is 0.0295. The van der Waals surface area contributed by atoms with Crippen LogP contribution in [0.2, 0.25) is 0 Å². The van der Waals surface area contributed by atoms with Gasteiger partial charge in [0.25, 0.3) is 5.91 Å². The number of rotatable bonds is 2. The minimum Gasteiger partial charge on any atom is -0.339 e. The topological polar surface area (TPSA) is 80.5 Å². The van der Waals surface area contributed by atoms with Crippen LogP contribution in [0.3, 0.4) is 0 Å². The molecule has 0 atom stereocenters. The summed E-state index contributed by atoms with van der Waals surface area (Å²) >= 11 is 0. The van der Waals surface area contributed by atoms with Gasteiger partial charge in [-0.25, -0.2) is 13.6 Å². The smallest absolute Gasteiger partial charge is 0.254 e. The maximum Gasteiger partial charge on any atom is 0.254 e. The molecule has 6 heteroatoms. The molecule has 1 aromatic carbocycles. The number of likely N-dealkylation sites (tertiary alicyclic amines) is 1. The number of hydrogen-bond donors (Lipinski definition) is 1. The van der Waals surface area contributed by atoms with Gasteiger partial charge in [-0.05, 0) is 49.8 Å². The number of nitrogens with zero attached hydrogens (tertiary/aromatic N) is 1. The highest BCUT2D eigenvalue weighted by Gasteiger charge is 2.24. The Bertz CT molecular complexity index is 660. The number of sulfonamides is 1. The van der Waals surface area contributed by atoms with E-state index in [0.717, 1.165) is 31.5 Å². The lowest BCUT2D eigenvalue weighted by Crippen LogP contribution is -2.38. The lowest BCUT2D eigenvalue weighted by atomic mass is 9.97. The van der Waals surface area contributed by atoms with Crippen LogP contribution in [0.1, 0.15) is 41.3 Å². The highest BCUT2D eigenvalue weighted by Crippen LogP contribution is 2.23. The summed E-state index contributed by atoms with van der Waals surface area (Å²) in [5.41, 5.74) is 1.78. The Morgan fingerprint density at radius 3 is 2.29 bits per heavy atom. The second-order valence-corrected chi connectivity index (χ2v) is 7.48. The van der Waals surface area contributed by atoms with Crippen LogP contribution in [-0.4, -0.2) is 32.3 Å². The van der Waals surface area contributed by atoms with Crippen molar-refractivity contribution in [1.82, 2.24) is 4.90 Å². The van der Waals surface area contributed by atoms with Crippen molar-refractivity contribution in [2.24, 2.45) is 11.1 Å². The summed E-state index contributed by atoms with van der Waals surface area (Å²) in [6.07, 6.45) is 1.97. The van der Waals surface area contributed by atoms with E-state index in [9.17, 15) is 13.2 Å². The molecule has 0 radical (unpaired) electrons. The van der Waals surface area contributed by atoms with Crippen LogP contribution in [0.4, 0.5) is 0 Å². The molecule has 1 aliphatic heterocycles. The number of aryl methyl sites for hydroxylation is 2. The maximum atomic E-state index is 12.6. The van der Waals surface area contributed by atoms with Gasteiger partial charge in [-0.15, -0.1) is 0 Å². The van der Waals surface area contributed by atoms with Gasteiger partial charge in [-0.3, -0.25) is 4.79 Å². The lowest BCUT2D eigenvalue weighted by molar-refractivity contribution is 0.0696. The zero-order valence-electron chi connectivity index (χ0n) is 12.7. The molecule has 116 valence electrons. The van der Waals surface area contributed by atoms with Crippen molar-refractivity contribution in [3.05, 3.63) is 28.8 Å². The van der Waals surface area contributed by atoms with E-state index in [2.05, 4.69) is 6.92 Å². The molecule has 0 unspecified atom stereocenters. The predicted molar refractivity (Wildman–Crippen MR) is 81.6 cm³/mol. The normalized spacial score (nSPS) is 17.0. The van der Waals surface area contributed by atoms with Crippen molar-refractivity contribution in [3.63, 3.8) is 0 Å². The number of amides is 1. The third kappa shape index (κ3) is 3.44. The van der Waals surface area contributed by atoms with Gasteiger partial charge in [0.2, 0.25) is 10.0 Å². The van der Waals surface area contributed by atoms with Gasteiger partial charge < -0.3 is 4.90 Å². The minimum atomic E-state index is -3.82. The predicted octanol–water partition coefficient (Wildman–Crippen LogP) is 1.82. The van der Waals surface area contributed by atoms with E-state index in [0.29, 0.717) is 17.0 Å². The standard InChI is InChI=1S/C15H22N2O3S/c1-10-4-6-17(7-5-10)15(18)13-9-14(21(16,19)20)12(3)8-11(13)2/h8-10H,4-7H2,1-3H3,(H2,16,19,20). The zero-order chi connectivity index (χ0) is 15.8. The van der Waals surface area contributed by atoms with Gasteiger partial charge in [0, 0.05) is 18.7 Å². The lowest BCUT2D eigenvalue weighted by Gasteiger charge is -2.31. The molecule has 1 saturated heterocycles. The molecule has 21 heavy (non-hydrogen) atoms. The molecule has 0 aliphatic carbocycles. The fourth-order valence-electron chi connectivity index (χ4n) is 2.75. The van der Waals surface area contributed by atoms with E-state index in [-0.39, 0.29) is 10.8 Å². The molecule has 1 aliphatic rings. The molecule has 1 amide bonds. The van der Waals surface area contributed by atoms with Crippen LogP contribution in [0.25, 0.3) is 0 Å². The Morgan fingerprint density at radius 2 is 1.76 bits per heavy atom. The van der Waals surface area contributed by atoms with Crippen molar-refractivity contribution in [3.8, 4) is 0 Å². The largest absolute Gasteiger partial charge is 0.339 e. The number of hydrogen-bond acceptors (Lipinski definition) is 3. The van der Waals surface area contributed by atoms with Crippen molar-refractivity contribution in [1.29, 1.82) is 0 Å². The first-order valence-corrected chi connectivity index (χ1v) is 8.68. The summed E-state index contributed by atoms with van der Waals surface area (Å²) in [6, 6.07) is 3.12. The Balaban J connectivity index is 2.37. The van der Waals surface area contributed by atoms with Crippen LogP contribution in [0.5, 0.6) is 0 Å². The van der Waals surface area contributed by atoms with E-state index >= 15 is 0 Å². The molecule has 0 aromatic heterocycles. The highest BCUT2D eigenvalue weighted by molar-refractivity contribution is 7.89. The zero-order valence-corrected chi connectivity index (χ0v) is 13.5. The number of primary sulfonamides is 1. The summed E-state index contributed by atoms with van der Waals surface area (Å²) in [7, 11) is -3.82. The van der Waals surface area contributed by atoms with Crippen molar-refractivity contribution < 1.29 is 13.2 Å². The number of nitrogens with two attached hydrogens (primary N) is 1. The fourth-order valence-corrected chi connectivity index (χ4v) is 3.54. The average molecular weight is 310 g/mol. The summed E-state index contributed by atoms with van der Waals surface area (Å²) < 4.78 is 23.2. The molecule has 2 rings (SSSR count). The third-order valence-corrected chi connectivity index (χ3v) is 5.18. The van der Waals surface area contributed by atoms with Crippen LogP contribution in [0.15, 0.2) is 17.0 Å². The maximum absolute atomic E-state index is 12.6. The van der Waals surface area contributed by atoms with E-state index < -0.39 is 10.0 Å². The second kappa shape index (κ2) is 5.77. The van der Waals surface area contributed by atoms with Crippen molar-refractivity contribution in [2.45, 2.75) is 38.5 Å². The van der Waals surface area contributed by atoms with Crippen molar-refractivity contribution >= 4 is 15.9 Å². The quantitative estimate of drug-likeness (QED) is 0.905. The third-order valence-electron chi connectivity index (χ3n) is 4.13. The highest BCUT2D eigenvalue weighted by atomic mass is 32.2. The van der Waals surface area contributed by atoms with Gasteiger partial charge in [0.05, 0.1) is 4.90 Å². The fraction of sp³-hybridized carbons (Fsp3) is 0.533. The van der Waals surface area contributed by atoms with Gasteiger partial charge >= 0.3 is 0 Å². The van der Waals surface area contributed by atoms with E-state index in [1.807, 2.05) is 6.92 Å². The summed E-state index contributed by atoms with van der Waals surface area (Å²) in [5, 5.41) is 5.22. The summed E-state index contributed by atoms with van der Waals surface area (Å²) in [5.74, 6) is 0.525. The van der Waals surface area contributed by atoms with E-state index in [1.165, 1.54) is 6.07 Å². The Labute approximate surface area is 126 Å². The number of carbonyl (C=O) groups is 1. The van der Waals surface area contributed by atoms with E-state index in [1.54, 1.807) is 17.9 Å². The SMILES string of the molecule is Cc1cc(C)c(S(N)(=O)=O)cc1C(=O)N1CCC(C)CC1. The molecule has 0 bridgehead atoms. The molecular weight excluding hydrogens is 288 g/mol. The number of piperidine rings is 1. The van der Waals surface area contributed by atoms with Gasteiger partial charge in [-0.1, -0.05) is 13.0 Å². The number of carbonyl (C=O) groups excluding carboxylic acids is 1. The van der Waals surface area contributed by atoms with E-state index in [4.69, 9.17) is 5.14 Å². The molecule has 1 aromatic rings. The number of benzene rings is 1. The van der Waals surface area contributed by atoms with Gasteiger partial charge in [0.1, 0.15) is 0 Å². The van der Waals surface area contributed by atoms with Crippen LogP contribution < -0.4 is 5.14 Å². The van der Waals surface area contributed by atoms with Crippen LogP contribution in [-0.2, 0) is 10.0 Å². The summed E-state index contributed by atoms with van der Waals surface area (Å²) in [6.45, 7) is 7.12.